The van der Waals surface area contributed by atoms with Gasteiger partial charge >= 0.3 is 11.6 Å². The minimum Gasteiger partial charge on any atom is -0.479 e. The fourth-order valence-corrected chi connectivity index (χ4v) is 4.15. The van der Waals surface area contributed by atoms with Crippen molar-refractivity contribution < 1.29 is 18.7 Å². The Morgan fingerprint density at radius 3 is 2.61 bits per heavy atom. The molecule has 31 heavy (non-hydrogen) atoms. The number of hydrogen-bond donors (Lipinski definition) is 0. The van der Waals surface area contributed by atoms with Crippen LogP contribution in [0.5, 0.6) is 5.75 Å². The quantitative estimate of drug-likeness (QED) is 0.333. The van der Waals surface area contributed by atoms with Gasteiger partial charge in [-0.25, -0.2) is 9.59 Å². The van der Waals surface area contributed by atoms with Gasteiger partial charge in [0.05, 0.1) is 6.10 Å². The number of carbonyl (C=O) groups excluding carboxylic acids is 1. The van der Waals surface area contributed by atoms with Crippen LogP contribution in [0.3, 0.4) is 0 Å². The SMILES string of the molecule is CC(CC1CCC1)OC(=O)[C@@H](C)Oc1ccc2c(-c3ccccc3Cl)cc(=O)oc2c1. The van der Waals surface area contributed by atoms with Crippen molar-refractivity contribution in [3.8, 4) is 16.9 Å². The van der Waals surface area contributed by atoms with Crippen LogP contribution in [0, 0.1) is 5.92 Å². The zero-order valence-electron chi connectivity index (χ0n) is 17.6. The Hall–Kier alpha value is -2.79. The van der Waals surface area contributed by atoms with E-state index in [1.165, 1.54) is 25.3 Å². The van der Waals surface area contributed by atoms with Gasteiger partial charge in [-0.3, -0.25) is 0 Å². The Bertz CT molecular complexity index is 1150. The highest BCUT2D eigenvalue weighted by Gasteiger charge is 2.24. The van der Waals surface area contributed by atoms with Gasteiger partial charge in [0.15, 0.2) is 6.10 Å². The van der Waals surface area contributed by atoms with E-state index in [4.69, 9.17) is 25.5 Å². The second-order valence-electron chi connectivity index (χ2n) is 8.16. The summed E-state index contributed by atoms with van der Waals surface area (Å²) >= 11 is 6.32. The van der Waals surface area contributed by atoms with Gasteiger partial charge in [-0.05, 0) is 44.4 Å². The number of carbonyl (C=O) groups is 1. The molecule has 1 unspecified atom stereocenters. The second-order valence-corrected chi connectivity index (χ2v) is 8.56. The first kappa shape index (κ1) is 21.4. The molecule has 0 N–H and O–H groups in total. The molecule has 1 fully saturated rings. The Balaban J connectivity index is 1.52. The molecule has 162 valence electrons. The number of esters is 1. The molecule has 5 nitrogen and oxygen atoms in total. The normalized spacial score (nSPS) is 15.8. The van der Waals surface area contributed by atoms with Crippen LogP contribution >= 0.6 is 11.6 Å². The lowest BCUT2D eigenvalue weighted by molar-refractivity contribution is -0.156. The van der Waals surface area contributed by atoms with E-state index in [1.807, 2.05) is 25.1 Å². The van der Waals surface area contributed by atoms with Crippen molar-refractivity contribution in [2.24, 2.45) is 5.92 Å². The van der Waals surface area contributed by atoms with E-state index in [0.717, 1.165) is 17.4 Å². The standard InChI is InChI=1S/C25H25ClO5/c1-15(12-17-6-5-7-17)29-25(28)16(2)30-18-10-11-20-21(14-24(27)31-23(20)13-18)19-8-3-4-9-22(19)26/h3-4,8-11,13-17H,5-7,12H2,1-2H3/t15?,16-/m1/s1. The van der Waals surface area contributed by atoms with Crippen LogP contribution in [0.2, 0.25) is 5.02 Å². The summed E-state index contributed by atoms with van der Waals surface area (Å²) in [6.07, 6.45) is 3.68. The maximum absolute atomic E-state index is 12.4. The second kappa shape index (κ2) is 9.15. The Labute approximate surface area is 185 Å². The van der Waals surface area contributed by atoms with Crippen molar-refractivity contribution in [3.63, 3.8) is 0 Å². The molecule has 6 heteroatoms. The minimum absolute atomic E-state index is 0.128. The fourth-order valence-electron chi connectivity index (χ4n) is 3.91. The van der Waals surface area contributed by atoms with Crippen molar-refractivity contribution in [2.45, 2.75) is 51.7 Å². The van der Waals surface area contributed by atoms with Crippen LogP contribution < -0.4 is 10.4 Å². The highest BCUT2D eigenvalue weighted by Crippen LogP contribution is 2.34. The van der Waals surface area contributed by atoms with Gasteiger partial charge in [0.1, 0.15) is 11.3 Å². The van der Waals surface area contributed by atoms with Gasteiger partial charge in [0.25, 0.3) is 0 Å². The van der Waals surface area contributed by atoms with Crippen LogP contribution in [0.1, 0.15) is 39.5 Å². The zero-order valence-corrected chi connectivity index (χ0v) is 18.4. The highest BCUT2D eigenvalue weighted by atomic mass is 35.5. The third-order valence-corrected chi connectivity index (χ3v) is 6.06. The molecule has 1 saturated carbocycles. The molecule has 0 spiro atoms. The molecule has 1 aliphatic rings. The molecule has 4 rings (SSSR count). The zero-order chi connectivity index (χ0) is 22.0. The fraction of sp³-hybridized carbons (Fsp3) is 0.360. The van der Waals surface area contributed by atoms with E-state index in [1.54, 1.807) is 31.2 Å². The Kier molecular flexibility index (Phi) is 6.33. The number of ether oxygens (including phenoxy) is 2. The maximum Gasteiger partial charge on any atom is 0.347 e. The molecule has 2 atom stereocenters. The monoisotopic (exact) mass is 440 g/mol. The molecule has 1 aromatic heterocycles. The van der Waals surface area contributed by atoms with Crippen molar-refractivity contribution in [1.82, 2.24) is 0 Å². The first-order chi connectivity index (χ1) is 14.9. The number of hydrogen-bond acceptors (Lipinski definition) is 5. The number of benzene rings is 2. The van der Waals surface area contributed by atoms with Gasteiger partial charge in [0, 0.05) is 33.7 Å². The lowest BCUT2D eigenvalue weighted by Crippen LogP contribution is -2.30. The molecule has 2 aromatic carbocycles. The van der Waals surface area contributed by atoms with Gasteiger partial charge in [-0.2, -0.15) is 0 Å². The third kappa shape index (κ3) is 4.93. The summed E-state index contributed by atoms with van der Waals surface area (Å²) in [5.41, 5.74) is 1.30. The first-order valence-electron chi connectivity index (χ1n) is 10.6. The van der Waals surface area contributed by atoms with Gasteiger partial charge < -0.3 is 13.9 Å². The highest BCUT2D eigenvalue weighted by molar-refractivity contribution is 6.33. The lowest BCUT2D eigenvalue weighted by Gasteiger charge is -2.28. The average Bonchev–Trinajstić information content (AvgIpc) is 2.70. The van der Waals surface area contributed by atoms with E-state index in [2.05, 4.69) is 0 Å². The summed E-state index contributed by atoms with van der Waals surface area (Å²) in [6.45, 7) is 3.57. The van der Waals surface area contributed by atoms with Crippen LogP contribution in [-0.4, -0.2) is 18.2 Å². The third-order valence-electron chi connectivity index (χ3n) is 5.73. The summed E-state index contributed by atoms with van der Waals surface area (Å²) in [4.78, 5) is 24.5. The van der Waals surface area contributed by atoms with Crippen molar-refractivity contribution in [3.05, 3.63) is 64.0 Å². The number of rotatable bonds is 7. The average molecular weight is 441 g/mol. The van der Waals surface area contributed by atoms with E-state index in [9.17, 15) is 9.59 Å². The molecular formula is C25H25ClO5. The number of halogens is 1. The Morgan fingerprint density at radius 1 is 1.13 bits per heavy atom. The van der Waals surface area contributed by atoms with E-state index >= 15 is 0 Å². The first-order valence-corrected chi connectivity index (χ1v) is 11.0. The molecule has 0 amide bonds. The number of fused-ring (bicyclic) bond motifs is 1. The van der Waals surface area contributed by atoms with Crippen molar-refractivity contribution in [2.75, 3.05) is 0 Å². The predicted octanol–water partition coefficient (Wildman–Crippen LogP) is 6.00. The van der Waals surface area contributed by atoms with Crippen LogP contribution in [-0.2, 0) is 9.53 Å². The maximum atomic E-state index is 12.4. The smallest absolute Gasteiger partial charge is 0.347 e. The molecule has 0 bridgehead atoms. The van der Waals surface area contributed by atoms with Crippen LogP contribution in [0.4, 0.5) is 0 Å². The Morgan fingerprint density at radius 2 is 1.90 bits per heavy atom. The van der Waals surface area contributed by atoms with Gasteiger partial charge in [0.2, 0.25) is 0 Å². The summed E-state index contributed by atoms with van der Waals surface area (Å²) in [6, 6.07) is 13.9. The molecule has 0 radical (unpaired) electrons. The minimum atomic E-state index is -0.778. The topological polar surface area (TPSA) is 65.7 Å². The molecule has 1 heterocycles. The molecular weight excluding hydrogens is 416 g/mol. The summed E-state index contributed by atoms with van der Waals surface area (Å²) < 4.78 is 16.7. The molecule has 0 saturated heterocycles. The summed E-state index contributed by atoms with van der Waals surface area (Å²) in [5.74, 6) is 0.677. The summed E-state index contributed by atoms with van der Waals surface area (Å²) in [5, 5.41) is 1.27. The van der Waals surface area contributed by atoms with Crippen LogP contribution in [0.25, 0.3) is 22.1 Å². The predicted molar refractivity (Wildman–Crippen MR) is 121 cm³/mol. The van der Waals surface area contributed by atoms with E-state index < -0.39 is 17.7 Å². The van der Waals surface area contributed by atoms with E-state index in [0.29, 0.717) is 27.8 Å². The molecule has 3 aromatic rings. The lowest BCUT2D eigenvalue weighted by atomic mass is 9.82. The largest absolute Gasteiger partial charge is 0.479 e. The molecule has 1 aliphatic carbocycles. The van der Waals surface area contributed by atoms with Crippen molar-refractivity contribution in [1.29, 1.82) is 0 Å². The molecule has 0 aliphatic heterocycles. The van der Waals surface area contributed by atoms with Gasteiger partial charge in [-0.1, -0.05) is 49.1 Å². The van der Waals surface area contributed by atoms with E-state index in [-0.39, 0.29) is 6.10 Å². The van der Waals surface area contributed by atoms with Crippen molar-refractivity contribution >= 4 is 28.5 Å². The summed E-state index contributed by atoms with van der Waals surface area (Å²) in [7, 11) is 0. The van der Waals surface area contributed by atoms with Crippen LogP contribution in [0.15, 0.2) is 57.7 Å². The van der Waals surface area contributed by atoms with Gasteiger partial charge in [-0.15, -0.1) is 0 Å².